The lowest BCUT2D eigenvalue weighted by Gasteiger charge is -2.32. The Bertz CT molecular complexity index is 368. The molecule has 2 rings (SSSR count). The van der Waals surface area contributed by atoms with Crippen LogP contribution in [0.1, 0.15) is 25.7 Å². The second-order valence-corrected chi connectivity index (χ2v) is 4.96. The van der Waals surface area contributed by atoms with Crippen molar-refractivity contribution in [2.45, 2.75) is 37.3 Å². The molecule has 0 saturated carbocycles. The minimum absolute atomic E-state index is 0.120. The number of carboxylic acids is 1. The number of fused-ring (bicyclic) bond motifs is 1. The lowest BCUT2D eigenvalue weighted by Crippen LogP contribution is -2.59. The normalized spacial score (nSPS) is 31.0. The zero-order valence-corrected chi connectivity index (χ0v) is 10.4. The van der Waals surface area contributed by atoms with Crippen molar-refractivity contribution < 1.29 is 9.90 Å². The molecule has 0 bridgehead atoms. The molecule has 7 heteroatoms. The van der Waals surface area contributed by atoms with Gasteiger partial charge in [0.15, 0.2) is 0 Å². The van der Waals surface area contributed by atoms with E-state index >= 15 is 0 Å². The van der Waals surface area contributed by atoms with E-state index in [-0.39, 0.29) is 6.04 Å². The Balaban J connectivity index is 1.95. The number of nitrogens with one attached hydrogen (secondary N) is 1. The van der Waals surface area contributed by atoms with Crippen molar-refractivity contribution in [3.05, 3.63) is 10.4 Å². The molecule has 0 aromatic rings. The van der Waals surface area contributed by atoms with Crippen LogP contribution in [0.25, 0.3) is 10.4 Å². The fraction of sp³-hybridized carbons (Fsp3) is 0.909. The highest BCUT2D eigenvalue weighted by Crippen LogP contribution is 2.36. The molecule has 100 valence electrons. The van der Waals surface area contributed by atoms with Gasteiger partial charge in [-0.25, -0.2) is 0 Å². The number of hydrogen-bond donors (Lipinski definition) is 2. The van der Waals surface area contributed by atoms with Crippen LogP contribution < -0.4 is 5.32 Å². The van der Waals surface area contributed by atoms with E-state index in [1.165, 1.54) is 0 Å². The lowest BCUT2D eigenvalue weighted by atomic mass is 9.88. The van der Waals surface area contributed by atoms with E-state index in [1.807, 2.05) is 0 Å². The Morgan fingerprint density at radius 1 is 1.61 bits per heavy atom. The standard InChI is InChI=1S/C11H19N5O2/c12-15-14-6-2-5-13-11(10(17)18)4-8-16-7-1-3-9(11)16/h9,13H,1-8H2,(H,17,18). The van der Waals surface area contributed by atoms with Crippen molar-refractivity contribution in [2.75, 3.05) is 26.2 Å². The second kappa shape index (κ2) is 5.56. The van der Waals surface area contributed by atoms with Gasteiger partial charge in [0.1, 0.15) is 5.54 Å². The lowest BCUT2D eigenvalue weighted by molar-refractivity contribution is -0.145. The average molecular weight is 253 g/mol. The summed E-state index contributed by atoms with van der Waals surface area (Å²) in [5, 5.41) is 16.2. The van der Waals surface area contributed by atoms with Gasteiger partial charge < -0.3 is 10.4 Å². The van der Waals surface area contributed by atoms with Crippen LogP contribution in [0, 0.1) is 0 Å². The molecule has 2 saturated heterocycles. The monoisotopic (exact) mass is 253 g/mol. The molecule has 0 amide bonds. The van der Waals surface area contributed by atoms with E-state index in [9.17, 15) is 9.90 Å². The zero-order chi connectivity index (χ0) is 13.0. The highest BCUT2D eigenvalue weighted by Gasteiger charge is 2.53. The van der Waals surface area contributed by atoms with Crippen molar-refractivity contribution in [3.63, 3.8) is 0 Å². The van der Waals surface area contributed by atoms with E-state index < -0.39 is 11.5 Å². The van der Waals surface area contributed by atoms with Crippen LogP contribution in [-0.2, 0) is 4.79 Å². The van der Waals surface area contributed by atoms with Crippen LogP contribution in [0.4, 0.5) is 0 Å². The molecular formula is C11H19N5O2. The summed E-state index contributed by atoms with van der Waals surface area (Å²) in [5.74, 6) is -0.749. The van der Waals surface area contributed by atoms with Crippen LogP contribution in [0.5, 0.6) is 0 Å². The van der Waals surface area contributed by atoms with Crippen molar-refractivity contribution in [3.8, 4) is 0 Å². The van der Waals surface area contributed by atoms with Crippen molar-refractivity contribution in [1.82, 2.24) is 10.2 Å². The third-order valence-corrected chi connectivity index (χ3v) is 4.05. The summed E-state index contributed by atoms with van der Waals surface area (Å²) in [5.41, 5.74) is 7.38. The maximum Gasteiger partial charge on any atom is 0.325 e. The van der Waals surface area contributed by atoms with Gasteiger partial charge in [0.05, 0.1) is 0 Å². The Kier molecular flexibility index (Phi) is 4.06. The summed E-state index contributed by atoms with van der Waals surface area (Å²) in [7, 11) is 0. The maximum absolute atomic E-state index is 11.6. The molecule has 2 atom stereocenters. The molecular weight excluding hydrogens is 234 g/mol. The Labute approximate surface area is 106 Å². The van der Waals surface area contributed by atoms with E-state index in [0.29, 0.717) is 25.9 Å². The Hall–Kier alpha value is -1.30. The second-order valence-electron chi connectivity index (χ2n) is 4.96. The third-order valence-electron chi connectivity index (χ3n) is 4.05. The molecule has 0 spiro atoms. The van der Waals surface area contributed by atoms with Gasteiger partial charge in [-0.15, -0.1) is 0 Å². The van der Waals surface area contributed by atoms with Crippen LogP contribution in [0.15, 0.2) is 5.11 Å². The molecule has 2 N–H and O–H groups in total. The first-order chi connectivity index (χ1) is 8.70. The number of carbonyl (C=O) groups is 1. The predicted octanol–water partition coefficient (Wildman–Crippen LogP) is 0.968. The van der Waals surface area contributed by atoms with Crippen molar-refractivity contribution >= 4 is 5.97 Å². The fourth-order valence-corrected chi connectivity index (χ4v) is 3.18. The molecule has 18 heavy (non-hydrogen) atoms. The van der Waals surface area contributed by atoms with Crippen molar-refractivity contribution in [2.24, 2.45) is 5.11 Å². The minimum Gasteiger partial charge on any atom is -0.480 e. The highest BCUT2D eigenvalue weighted by molar-refractivity contribution is 5.80. The zero-order valence-electron chi connectivity index (χ0n) is 10.4. The van der Waals surface area contributed by atoms with Gasteiger partial charge in [-0.3, -0.25) is 9.69 Å². The van der Waals surface area contributed by atoms with Crippen LogP contribution >= 0.6 is 0 Å². The highest BCUT2D eigenvalue weighted by atomic mass is 16.4. The Morgan fingerprint density at radius 2 is 2.44 bits per heavy atom. The van der Waals surface area contributed by atoms with Crippen LogP contribution in [0.3, 0.4) is 0 Å². The summed E-state index contributed by atoms with van der Waals surface area (Å²) in [6, 6.07) is 0.120. The van der Waals surface area contributed by atoms with Gasteiger partial charge in [0, 0.05) is 24.0 Å². The summed E-state index contributed by atoms with van der Waals surface area (Å²) >= 11 is 0. The number of hydrogen-bond acceptors (Lipinski definition) is 4. The van der Waals surface area contributed by atoms with Gasteiger partial charge in [-0.2, -0.15) is 0 Å². The number of rotatable bonds is 6. The quantitative estimate of drug-likeness (QED) is 0.318. The molecule has 0 radical (unpaired) electrons. The van der Waals surface area contributed by atoms with E-state index in [4.69, 9.17) is 5.53 Å². The predicted molar refractivity (Wildman–Crippen MR) is 66.2 cm³/mol. The molecule has 2 heterocycles. The molecule has 0 aromatic carbocycles. The number of carboxylic acid groups (broad SMARTS) is 1. The first-order valence-electron chi connectivity index (χ1n) is 6.44. The SMILES string of the molecule is [N-]=[N+]=NCCCNC1(C(=O)O)CCN2CCCC21. The summed E-state index contributed by atoms with van der Waals surface area (Å²) in [4.78, 5) is 16.6. The topological polar surface area (TPSA) is 101 Å². The number of azide groups is 1. The van der Waals surface area contributed by atoms with Gasteiger partial charge in [-0.05, 0) is 44.3 Å². The van der Waals surface area contributed by atoms with E-state index in [2.05, 4.69) is 20.2 Å². The molecule has 2 unspecified atom stereocenters. The number of aliphatic carboxylic acids is 1. The van der Waals surface area contributed by atoms with E-state index in [0.717, 1.165) is 25.9 Å². The minimum atomic E-state index is -0.799. The van der Waals surface area contributed by atoms with Crippen LogP contribution in [0.2, 0.25) is 0 Å². The van der Waals surface area contributed by atoms with Crippen molar-refractivity contribution in [1.29, 1.82) is 0 Å². The van der Waals surface area contributed by atoms with Crippen LogP contribution in [-0.4, -0.2) is 53.7 Å². The first kappa shape index (κ1) is 13.1. The van der Waals surface area contributed by atoms with Gasteiger partial charge in [0.2, 0.25) is 0 Å². The number of nitrogens with zero attached hydrogens (tertiary/aromatic N) is 4. The van der Waals surface area contributed by atoms with E-state index in [1.54, 1.807) is 0 Å². The molecule has 0 aliphatic carbocycles. The van der Waals surface area contributed by atoms with Gasteiger partial charge >= 0.3 is 5.97 Å². The first-order valence-corrected chi connectivity index (χ1v) is 6.44. The maximum atomic E-state index is 11.6. The summed E-state index contributed by atoms with van der Waals surface area (Å²) in [6.45, 7) is 2.86. The smallest absolute Gasteiger partial charge is 0.325 e. The fourth-order valence-electron chi connectivity index (χ4n) is 3.18. The van der Waals surface area contributed by atoms with Gasteiger partial charge in [-0.1, -0.05) is 5.11 Å². The third kappa shape index (κ3) is 2.29. The summed E-state index contributed by atoms with van der Waals surface area (Å²) in [6.07, 6.45) is 3.37. The molecule has 2 aliphatic heterocycles. The largest absolute Gasteiger partial charge is 0.480 e. The van der Waals surface area contributed by atoms with Gasteiger partial charge in [0.25, 0.3) is 0 Å². The summed E-state index contributed by atoms with van der Waals surface area (Å²) < 4.78 is 0. The molecule has 7 nitrogen and oxygen atoms in total. The molecule has 0 aromatic heterocycles. The molecule has 2 aliphatic rings. The Morgan fingerprint density at radius 3 is 3.17 bits per heavy atom. The molecule has 2 fully saturated rings. The average Bonchev–Trinajstić information content (AvgIpc) is 2.92.